The molecular formula is C15H12N4S. The van der Waals surface area contributed by atoms with E-state index in [1.807, 2.05) is 46.5 Å². The molecule has 3 rings (SSSR count). The molecular weight excluding hydrogens is 268 g/mol. The van der Waals surface area contributed by atoms with E-state index in [1.165, 1.54) is 4.88 Å². The Labute approximate surface area is 120 Å². The van der Waals surface area contributed by atoms with Crippen LogP contribution < -0.4 is 0 Å². The molecule has 0 saturated heterocycles. The molecule has 0 aliphatic carbocycles. The number of aromatic nitrogens is 3. The van der Waals surface area contributed by atoms with Gasteiger partial charge in [0.25, 0.3) is 0 Å². The zero-order chi connectivity index (χ0) is 13.8. The van der Waals surface area contributed by atoms with Gasteiger partial charge in [-0.1, -0.05) is 41.6 Å². The topological polar surface area (TPSA) is 54.5 Å². The summed E-state index contributed by atoms with van der Waals surface area (Å²) in [7, 11) is 0. The highest BCUT2D eigenvalue weighted by Crippen LogP contribution is 2.17. The lowest BCUT2D eigenvalue weighted by molar-refractivity contribution is 0.626. The molecule has 4 nitrogen and oxygen atoms in total. The van der Waals surface area contributed by atoms with Crippen molar-refractivity contribution in [1.29, 1.82) is 5.26 Å². The van der Waals surface area contributed by atoms with Gasteiger partial charge in [-0.2, -0.15) is 5.26 Å². The van der Waals surface area contributed by atoms with Crippen molar-refractivity contribution in [3.63, 3.8) is 0 Å². The van der Waals surface area contributed by atoms with Crippen LogP contribution in [0.2, 0.25) is 0 Å². The van der Waals surface area contributed by atoms with Crippen molar-refractivity contribution in [2.24, 2.45) is 0 Å². The van der Waals surface area contributed by atoms with E-state index >= 15 is 0 Å². The Bertz CT molecular complexity index is 723. The van der Waals surface area contributed by atoms with Gasteiger partial charge in [0.05, 0.1) is 12.2 Å². The van der Waals surface area contributed by atoms with Crippen molar-refractivity contribution in [3.8, 4) is 6.07 Å². The summed E-state index contributed by atoms with van der Waals surface area (Å²) >= 11 is 1.68. The third-order valence-electron chi connectivity index (χ3n) is 3.04. The van der Waals surface area contributed by atoms with E-state index in [1.54, 1.807) is 11.3 Å². The van der Waals surface area contributed by atoms with Gasteiger partial charge in [0.1, 0.15) is 6.07 Å². The number of rotatable bonds is 4. The number of benzene rings is 1. The molecule has 0 aliphatic heterocycles. The zero-order valence-corrected chi connectivity index (χ0v) is 11.5. The molecule has 0 atom stereocenters. The summed E-state index contributed by atoms with van der Waals surface area (Å²) in [6, 6.07) is 16.3. The molecule has 0 unspecified atom stereocenters. The first-order valence-electron chi connectivity index (χ1n) is 6.25. The lowest BCUT2D eigenvalue weighted by Crippen LogP contribution is -2.07. The second-order valence-corrected chi connectivity index (χ2v) is 5.43. The summed E-state index contributed by atoms with van der Waals surface area (Å²) in [5, 5.41) is 19.3. The first-order chi connectivity index (χ1) is 9.86. The fourth-order valence-corrected chi connectivity index (χ4v) is 2.77. The largest absolute Gasteiger partial charge is 0.243 e. The van der Waals surface area contributed by atoms with Crippen molar-refractivity contribution in [1.82, 2.24) is 15.0 Å². The van der Waals surface area contributed by atoms with Crippen molar-refractivity contribution in [2.45, 2.75) is 13.0 Å². The van der Waals surface area contributed by atoms with Crippen molar-refractivity contribution >= 4 is 11.3 Å². The van der Waals surface area contributed by atoms with Crippen molar-refractivity contribution < 1.29 is 0 Å². The highest BCUT2D eigenvalue weighted by atomic mass is 32.1. The molecule has 0 spiro atoms. The normalized spacial score (nSPS) is 10.3. The molecule has 3 aromatic rings. The maximum Gasteiger partial charge on any atom is 0.186 e. The predicted octanol–water partition coefficient (Wildman–Crippen LogP) is 2.85. The quantitative estimate of drug-likeness (QED) is 0.738. The molecule has 0 amide bonds. The first kappa shape index (κ1) is 12.6. The Kier molecular flexibility index (Phi) is 3.57. The van der Waals surface area contributed by atoms with Gasteiger partial charge in [0, 0.05) is 11.3 Å². The monoisotopic (exact) mass is 280 g/mol. The van der Waals surface area contributed by atoms with Gasteiger partial charge >= 0.3 is 0 Å². The van der Waals surface area contributed by atoms with E-state index in [2.05, 4.69) is 22.4 Å². The second-order valence-electron chi connectivity index (χ2n) is 4.40. The molecule has 0 radical (unpaired) electrons. The van der Waals surface area contributed by atoms with Crippen LogP contribution >= 0.6 is 11.3 Å². The molecule has 2 heterocycles. The summed E-state index contributed by atoms with van der Waals surface area (Å²) in [5.74, 6) is 0. The van der Waals surface area contributed by atoms with E-state index < -0.39 is 0 Å². The Hall–Kier alpha value is -2.45. The van der Waals surface area contributed by atoms with Gasteiger partial charge in [0.2, 0.25) is 0 Å². The summed E-state index contributed by atoms with van der Waals surface area (Å²) in [6.07, 6.45) is 0.695. The molecule has 0 N–H and O–H groups in total. The molecule has 5 heteroatoms. The summed E-state index contributed by atoms with van der Waals surface area (Å²) in [5.41, 5.74) is 2.43. The Morgan fingerprint density at radius 1 is 1.15 bits per heavy atom. The minimum atomic E-state index is 0.411. The second kappa shape index (κ2) is 5.68. The standard InChI is InChI=1S/C15H12N4S/c16-10-14-15(9-13-7-4-8-20-13)19(18-17-14)11-12-5-2-1-3-6-12/h1-8H,9,11H2. The van der Waals surface area contributed by atoms with Crippen LogP contribution in [0.3, 0.4) is 0 Å². The highest BCUT2D eigenvalue weighted by molar-refractivity contribution is 7.09. The Morgan fingerprint density at radius 2 is 2.00 bits per heavy atom. The number of thiophene rings is 1. The van der Waals surface area contributed by atoms with Crippen molar-refractivity contribution in [3.05, 3.63) is 69.7 Å². The summed E-state index contributed by atoms with van der Waals surface area (Å²) < 4.78 is 1.81. The molecule has 0 saturated carbocycles. The van der Waals surface area contributed by atoms with Crippen molar-refractivity contribution in [2.75, 3.05) is 0 Å². The predicted molar refractivity (Wildman–Crippen MR) is 77.4 cm³/mol. The molecule has 1 aromatic carbocycles. The molecule has 20 heavy (non-hydrogen) atoms. The molecule has 0 aliphatic rings. The summed E-state index contributed by atoms with van der Waals surface area (Å²) in [4.78, 5) is 1.21. The molecule has 98 valence electrons. The van der Waals surface area contributed by atoms with Gasteiger partial charge in [-0.05, 0) is 17.0 Å². The summed E-state index contributed by atoms with van der Waals surface area (Å²) in [6.45, 7) is 0.635. The average molecular weight is 280 g/mol. The van der Waals surface area contributed by atoms with Crippen LogP contribution in [0.15, 0.2) is 47.8 Å². The minimum absolute atomic E-state index is 0.411. The number of hydrogen-bond donors (Lipinski definition) is 0. The number of nitrogens with zero attached hydrogens (tertiary/aromatic N) is 4. The van der Waals surface area contributed by atoms with E-state index in [0.717, 1.165) is 11.3 Å². The van der Waals surface area contributed by atoms with Crippen LogP contribution in [0.25, 0.3) is 0 Å². The SMILES string of the molecule is N#Cc1nnn(Cc2ccccc2)c1Cc1cccs1. The number of hydrogen-bond acceptors (Lipinski definition) is 4. The highest BCUT2D eigenvalue weighted by Gasteiger charge is 2.13. The fraction of sp³-hybridized carbons (Fsp3) is 0.133. The van der Waals surface area contributed by atoms with Crippen LogP contribution in [0, 0.1) is 11.3 Å². The van der Waals surface area contributed by atoms with Crippen LogP contribution in [0.5, 0.6) is 0 Å². The van der Waals surface area contributed by atoms with E-state index in [4.69, 9.17) is 5.26 Å². The van der Waals surface area contributed by atoms with Crippen LogP contribution in [-0.4, -0.2) is 15.0 Å². The third kappa shape index (κ3) is 2.60. The van der Waals surface area contributed by atoms with Crippen LogP contribution in [0.1, 0.15) is 21.8 Å². The van der Waals surface area contributed by atoms with Gasteiger partial charge in [-0.15, -0.1) is 16.4 Å². The van der Waals surface area contributed by atoms with Crippen LogP contribution in [0.4, 0.5) is 0 Å². The molecule has 2 aromatic heterocycles. The maximum atomic E-state index is 9.16. The Morgan fingerprint density at radius 3 is 2.70 bits per heavy atom. The van der Waals surface area contributed by atoms with Crippen LogP contribution in [-0.2, 0) is 13.0 Å². The van der Waals surface area contributed by atoms with Gasteiger partial charge in [-0.25, -0.2) is 4.68 Å². The molecule has 0 fully saturated rings. The zero-order valence-electron chi connectivity index (χ0n) is 10.7. The van der Waals surface area contributed by atoms with Gasteiger partial charge in [-0.3, -0.25) is 0 Å². The molecule has 0 bridgehead atoms. The van der Waals surface area contributed by atoms with E-state index in [-0.39, 0.29) is 0 Å². The third-order valence-corrected chi connectivity index (χ3v) is 3.92. The lowest BCUT2D eigenvalue weighted by atomic mass is 10.2. The lowest BCUT2D eigenvalue weighted by Gasteiger charge is -2.05. The first-order valence-corrected chi connectivity index (χ1v) is 7.13. The fourth-order valence-electron chi connectivity index (χ4n) is 2.06. The van der Waals surface area contributed by atoms with E-state index in [9.17, 15) is 0 Å². The smallest absolute Gasteiger partial charge is 0.186 e. The minimum Gasteiger partial charge on any atom is -0.243 e. The maximum absolute atomic E-state index is 9.16. The van der Waals surface area contributed by atoms with E-state index in [0.29, 0.717) is 18.7 Å². The average Bonchev–Trinajstić information content (AvgIpc) is 3.11. The number of nitriles is 1. The van der Waals surface area contributed by atoms with Gasteiger partial charge in [0.15, 0.2) is 5.69 Å². The van der Waals surface area contributed by atoms with Gasteiger partial charge < -0.3 is 0 Å². The Balaban J connectivity index is 1.91.